The van der Waals surface area contributed by atoms with E-state index in [2.05, 4.69) is 3.88 Å². The van der Waals surface area contributed by atoms with Crippen LogP contribution in [0.2, 0.25) is 0 Å². The first kappa shape index (κ1) is 10.8. The van der Waals surface area contributed by atoms with Crippen molar-refractivity contribution in [3.8, 4) is 0 Å². The third-order valence-electron chi connectivity index (χ3n) is 0.465. The first-order valence-corrected chi connectivity index (χ1v) is 18.1. The molecule has 0 radical (unpaired) electrons. The van der Waals surface area contributed by atoms with Crippen LogP contribution in [0.3, 0.4) is 0 Å². The van der Waals surface area contributed by atoms with Crippen molar-refractivity contribution >= 4 is 37.7 Å². The average Bonchev–Trinajstić information content (AvgIpc) is 1.57. The Kier molecular flexibility index (Phi) is 4.12. The molecule has 3 N–H and O–H groups in total. The number of nitrogens with one attached hydrogen (secondary N) is 1. The molecule has 2 nitrogen and oxygen atoms in total. The molecule has 0 aliphatic heterocycles. The van der Waals surface area contributed by atoms with E-state index in [-0.39, 0.29) is 0 Å². The normalized spacial score (nSPS) is 16.8. The van der Waals surface area contributed by atoms with Gasteiger partial charge in [-0.1, -0.05) is 0 Å². The van der Waals surface area contributed by atoms with Crippen molar-refractivity contribution in [3.05, 3.63) is 0 Å². The van der Waals surface area contributed by atoms with Gasteiger partial charge in [-0.25, -0.2) is 0 Å². The molecular formula is C2H7Cl4N2W. The Morgan fingerprint density at radius 2 is 1.67 bits per heavy atom. The summed E-state index contributed by atoms with van der Waals surface area (Å²) in [5, 5.41) is 0. The fourth-order valence-corrected chi connectivity index (χ4v) is 4.27. The second-order valence-electron chi connectivity index (χ2n) is 1.34. The van der Waals surface area contributed by atoms with E-state index in [4.69, 9.17) is 43.4 Å². The first-order chi connectivity index (χ1) is 3.81. The van der Waals surface area contributed by atoms with Gasteiger partial charge in [-0.3, -0.25) is 0 Å². The van der Waals surface area contributed by atoms with Crippen LogP contribution in [-0.4, -0.2) is 13.1 Å². The Balaban J connectivity index is 3.60. The Labute approximate surface area is 70.8 Å². The monoisotopic (exact) mass is 383 g/mol. The summed E-state index contributed by atoms with van der Waals surface area (Å²) < 4.78 is 2.59. The molecule has 0 aromatic carbocycles. The number of hydrogen-bond donors (Lipinski definition) is 2. The maximum absolute atomic E-state index is 5.51. The molecular weight excluding hydrogens is 378 g/mol. The van der Waals surface area contributed by atoms with Gasteiger partial charge in [0.1, 0.15) is 0 Å². The Morgan fingerprint density at radius 1 is 1.22 bits per heavy atom. The molecule has 0 saturated heterocycles. The predicted molar refractivity (Wildman–Crippen MR) is 40.5 cm³/mol. The van der Waals surface area contributed by atoms with E-state index in [1.54, 1.807) is 0 Å². The second kappa shape index (κ2) is 3.44. The summed E-state index contributed by atoms with van der Waals surface area (Å²) in [7, 11) is 17.7. The van der Waals surface area contributed by atoms with Crippen molar-refractivity contribution in [3.63, 3.8) is 0 Å². The summed E-state index contributed by atoms with van der Waals surface area (Å²) in [6.45, 7) is 0.868. The zero-order valence-corrected chi connectivity index (χ0v) is 10.4. The molecule has 0 unspecified atom stereocenters. The van der Waals surface area contributed by atoms with E-state index in [1.165, 1.54) is 0 Å². The molecule has 0 aliphatic carbocycles. The van der Waals surface area contributed by atoms with Crippen LogP contribution in [0.1, 0.15) is 0 Å². The van der Waals surface area contributed by atoms with Crippen molar-refractivity contribution in [1.29, 1.82) is 0 Å². The summed E-state index contributed by atoms with van der Waals surface area (Å²) in [6.07, 6.45) is 0. The molecule has 0 rings (SSSR count). The molecule has 0 saturated carbocycles. The van der Waals surface area contributed by atoms with Crippen LogP contribution in [0.25, 0.3) is 0 Å². The quantitative estimate of drug-likeness (QED) is 0.778. The number of nitrogens with two attached hydrogens (primary N) is 1. The predicted octanol–water partition coefficient (Wildman–Crippen LogP) is 1.75. The van der Waals surface area contributed by atoms with Gasteiger partial charge in [-0.2, -0.15) is 0 Å². The molecule has 0 amide bonds. The third-order valence-corrected chi connectivity index (χ3v) is 6.34. The molecule has 0 bridgehead atoms. The molecule has 0 aliphatic rings. The average molecular weight is 385 g/mol. The topological polar surface area (TPSA) is 38.0 Å². The third kappa shape index (κ3) is 9.77. The molecule has 0 fully saturated rings. The molecule has 59 valence electrons. The van der Waals surface area contributed by atoms with Gasteiger partial charge in [0.05, 0.1) is 0 Å². The van der Waals surface area contributed by atoms with Gasteiger partial charge < -0.3 is 0 Å². The molecule has 0 aromatic heterocycles. The summed E-state index contributed by atoms with van der Waals surface area (Å²) in [5.74, 6) is 0. The fraction of sp³-hybridized carbons (Fsp3) is 1.00. The maximum atomic E-state index is 5.51. The van der Waals surface area contributed by atoms with Gasteiger partial charge in [0.2, 0.25) is 0 Å². The van der Waals surface area contributed by atoms with Crippen LogP contribution in [0.4, 0.5) is 0 Å². The van der Waals surface area contributed by atoms with Gasteiger partial charge >= 0.3 is 71.3 Å². The van der Waals surface area contributed by atoms with Crippen molar-refractivity contribution in [2.24, 2.45) is 5.73 Å². The minimum absolute atomic E-state index is 0.419. The van der Waals surface area contributed by atoms with Gasteiger partial charge in [0.25, 0.3) is 0 Å². The number of halogens is 4. The van der Waals surface area contributed by atoms with Crippen LogP contribution < -0.4 is 9.61 Å². The molecule has 0 heterocycles. The van der Waals surface area contributed by atoms with Gasteiger partial charge in [-0.05, 0) is 0 Å². The molecule has 9 heavy (non-hydrogen) atoms. The second-order valence-corrected chi connectivity index (χ2v) is 35.1. The van der Waals surface area contributed by atoms with Crippen molar-refractivity contribution in [2.75, 3.05) is 13.1 Å². The standard InChI is InChI=1S/C2H7N2.4ClH.W/c3-1-2-4;;;;;/h3H,1-2,4H2;4*1H;/q-1;;;;;+5/p-4. The van der Waals surface area contributed by atoms with Crippen LogP contribution in [0.15, 0.2) is 0 Å². The zero-order valence-electron chi connectivity index (χ0n) is 4.41. The van der Waals surface area contributed by atoms with E-state index in [0.717, 1.165) is 0 Å². The van der Waals surface area contributed by atoms with Crippen molar-refractivity contribution in [1.82, 2.24) is 3.88 Å². The van der Waals surface area contributed by atoms with Crippen molar-refractivity contribution in [2.45, 2.75) is 0 Å². The summed E-state index contributed by atoms with van der Waals surface area (Å²) in [6, 6.07) is 0. The van der Waals surface area contributed by atoms with E-state index >= 15 is 0 Å². The van der Waals surface area contributed by atoms with Crippen LogP contribution in [0.5, 0.6) is 0 Å². The first-order valence-electron chi connectivity index (χ1n) is 2.08. The molecule has 0 spiro atoms. The number of hydrogen-bond acceptors (Lipinski definition) is 2. The Bertz CT molecular complexity index is 89.2. The Hall–Kier alpha value is 1.77. The number of rotatable bonds is 3. The van der Waals surface area contributed by atoms with E-state index in [0.29, 0.717) is 13.1 Å². The summed E-state index contributed by atoms with van der Waals surface area (Å²) in [4.78, 5) is 0. The fourth-order valence-electron chi connectivity index (χ4n) is 0.213. The van der Waals surface area contributed by atoms with Gasteiger partial charge in [-0.15, -0.1) is 0 Å². The summed E-state index contributed by atoms with van der Waals surface area (Å²) in [5.41, 5.74) is 5.13. The molecule has 0 atom stereocenters. The van der Waals surface area contributed by atoms with Crippen LogP contribution in [0, 0.1) is 0 Å². The SMILES string of the molecule is NCC[NH][W]([Cl])([Cl])([Cl])[Cl]. The summed E-state index contributed by atoms with van der Waals surface area (Å²) >= 11 is 0. The Morgan fingerprint density at radius 3 is 1.78 bits per heavy atom. The van der Waals surface area contributed by atoms with Crippen LogP contribution in [-0.2, 0) is 10.9 Å². The van der Waals surface area contributed by atoms with Crippen molar-refractivity contribution < 1.29 is 10.9 Å². The molecule has 7 heteroatoms. The minimum atomic E-state index is -4.34. The van der Waals surface area contributed by atoms with E-state index < -0.39 is 10.9 Å². The zero-order chi connectivity index (χ0) is 7.57. The van der Waals surface area contributed by atoms with Crippen LogP contribution >= 0.6 is 37.7 Å². The van der Waals surface area contributed by atoms with Gasteiger partial charge in [0, 0.05) is 0 Å². The molecule has 0 aromatic rings. The van der Waals surface area contributed by atoms with E-state index in [9.17, 15) is 0 Å². The van der Waals surface area contributed by atoms with E-state index in [1.807, 2.05) is 0 Å². The van der Waals surface area contributed by atoms with Gasteiger partial charge in [0.15, 0.2) is 0 Å².